The summed E-state index contributed by atoms with van der Waals surface area (Å²) in [5, 5.41) is 4.10. The van der Waals surface area contributed by atoms with Crippen molar-refractivity contribution in [2.24, 2.45) is 5.73 Å². The van der Waals surface area contributed by atoms with E-state index in [-0.39, 0.29) is 24.6 Å². The summed E-state index contributed by atoms with van der Waals surface area (Å²) in [7, 11) is 1.27. The fourth-order valence-corrected chi connectivity index (χ4v) is 2.26. The van der Waals surface area contributed by atoms with Gasteiger partial charge in [-0.2, -0.15) is 5.10 Å². The quantitative estimate of drug-likeness (QED) is 0.870. The van der Waals surface area contributed by atoms with E-state index in [1.54, 1.807) is 17.1 Å². The summed E-state index contributed by atoms with van der Waals surface area (Å²) in [5.41, 5.74) is 5.07. The van der Waals surface area contributed by atoms with Crippen LogP contribution in [-0.4, -0.2) is 22.6 Å². The van der Waals surface area contributed by atoms with Crippen LogP contribution in [0.15, 0.2) is 35.6 Å². The second kappa shape index (κ2) is 6.37. The molecule has 1 aliphatic carbocycles. The Labute approximate surface area is 122 Å². The smallest absolute Gasteiger partial charge is 0.185 e. The van der Waals surface area contributed by atoms with Crippen LogP contribution in [0.2, 0.25) is 0 Å². The molecule has 0 saturated heterocycles. The first kappa shape index (κ1) is 16.7. The van der Waals surface area contributed by atoms with E-state index in [0.717, 1.165) is 5.56 Å². The molecule has 0 aliphatic heterocycles. The van der Waals surface area contributed by atoms with Crippen LogP contribution < -0.4 is 5.73 Å². The number of allylic oxidation sites excluding steroid dienone is 3. The zero-order valence-corrected chi connectivity index (χ0v) is 12.2. The first-order chi connectivity index (χ1) is 8.96. The van der Waals surface area contributed by atoms with Crippen LogP contribution in [0.1, 0.15) is 18.9 Å². The maximum atomic E-state index is 14.3. The predicted octanol–water partition coefficient (Wildman–Crippen LogP) is 2.65. The van der Waals surface area contributed by atoms with Gasteiger partial charge in [0.1, 0.15) is 5.83 Å². The van der Waals surface area contributed by atoms with Crippen molar-refractivity contribution in [2.75, 3.05) is 7.11 Å². The van der Waals surface area contributed by atoms with Crippen molar-refractivity contribution in [3.8, 4) is 0 Å². The van der Waals surface area contributed by atoms with Crippen molar-refractivity contribution in [3.63, 3.8) is 0 Å². The lowest BCUT2D eigenvalue weighted by atomic mass is 9.93. The molecule has 1 aliphatic rings. The molecule has 7 heteroatoms. The fraction of sp³-hybridized carbons (Fsp3) is 0.462. The molecule has 0 saturated carbocycles. The van der Waals surface area contributed by atoms with E-state index < -0.39 is 11.5 Å². The molecule has 0 radical (unpaired) electrons. The Balaban J connectivity index is 0.00000200. The number of aromatic nitrogens is 2. The van der Waals surface area contributed by atoms with Gasteiger partial charge in [-0.1, -0.05) is 0 Å². The van der Waals surface area contributed by atoms with Gasteiger partial charge in [0.2, 0.25) is 0 Å². The molecule has 20 heavy (non-hydrogen) atoms. The van der Waals surface area contributed by atoms with Gasteiger partial charge < -0.3 is 10.5 Å². The highest BCUT2D eigenvalue weighted by atomic mass is 35.5. The van der Waals surface area contributed by atoms with Gasteiger partial charge in [-0.05, 0) is 18.6 Å². The molecule has 0 bridgehead atoms. The number of ether oxygens (including phenoxy) is 1. The second-order valence-electron chi connectivity index (χ2n) is 4.74. The molecule has 1 atom stereocenters. The fourth-order valence-electron chi connectivity index (χ4n) is 2.26. The summed E-state index contributed by atoms with van der Waals surface area (Å²) in [4.78, 5) is 0. The zero-order chi connectivity index (χ0) is 14.0. The molecule has 2 rings (SSSR count). The molecule has 0 fully saturated rings. The van der Waals surface area contributed by atoms with Crippen molar-refractivity contribution >= 4 is 12.4 Å². The second-order valence-corrected chi connectivity index (χ2v) is 4.74. The molecule has 1 heterocycles. The first-order valence-electron chi connectivity index (χ1n) is 6.00. The van der Waals surface area contributed by atoms with Gasteiger partial charge in [-0.25, -0.2) is 8.78 Å². The SMILES string of the molecule is COC1=C(F)CC(Cn2cc(CN)cn2)=CC1(C)F.Cl. The van der Waals surface area contributed by atoms with Crippen molar-refractivity contribution in [1.29, 1.82) is 0 Å². The third-order valence-corrected chi connectivity index (χ3v) is 3.04. The van der Waals surface area contributed by atoms with Crippen LogP contribution in [-0.2, 0) is 17.8 Å². The third kappa shape index (κ3) is 3.37. The van der Waals surface area contributed by atoms with Crippen LogP contribution in [0.4, 0.5) is 8.78 Å². The van der Waals surface area contributed by atoms with Crippen molar-refractivity contribution < 1.29 is 13.5 Å². The Morgan fingerprint density at radius 3 is 2.75 bits per heavy atom. The molecule has 1 aromatic rings. The minimum Gasteiger partial charge on any atom is -0.495 e. The number of halogens is 3. The van der Waals surface area contributed by atoms with Crippen LogP contribution in [0.25, 0.3) is 0 Å². The van der Waals surface area contributed by atoms with E-state index in [0.29, 0.717) is 18.7 Å². The number of hydrogen-bond donors (Lipinski definition) is 1. The van der Waals surface area contributed by atoms with Gasteiger partial charge in [-0.3, -0.25) is 4.68 Å². The normalized spacial score (nSPS) is 22.4. The minimum atomic E-state index is -1.92. The van der Waals surface area contributed by atoms with Gasteiger partial charge in [-0.15, -0.1) is 12.4 Å². The van der Waals surface area contributed by atoms with Crippen molar-refractivity contribution in [3.05, 3.63) is 41.2 Å². The van der Waals surface area contributed by atoms with E-state index in [1.165, 1.54) is 20.1 Å². The zero-order valence-electron chi connectivity index (χ0n) is 11.4. The molecular formula is C13H18ClF2N3O. The highest BCUT2D eigenvalue weighted by Crippen LogP contribution is 2.36. The van der Waals surface area contributed by atoms with E-state index in [2.05, 4.69) is 5.10 Å². The van der Waals surface area contributed by atoms with Gasteiger partial charge in [0, 0.05) is 24.7 Å². The summed E-state index contributed by atoms with van der Waals surface area (Å²) in [6, 6.07) is 0. The number of alkyl halides is 1. The standard InChI is InChI=1S/C13H17F2N3O.ClH/c1-13(15)4-9(3-11(14)12(13)19-2)7-18-8-10(5-16)6-17-18;/h4,6,8H,3,5,7,16H2,1-2H3;1H. The van der Waals surface area contributed by atoms with Crippen LogP contribution in [0.3, 0.4) is 0 Å². The topological polar surface area (TPSA) is 53.1 Å². The molecule has 112 valence electrons. The summed E-state index contributed by atoms with van der Waals surface area (Å²) >= 11 is 0. The van der Waals surface area contributed by atoms with E-state index in [4.69, 9.17) is 10.5 Å². The van der Waals surface area contributed by atoms with Crippen LogP contribution in [0, 0.1) is 0 Å². The molecule has 2 N–H and O–H groups in total. The maximum Gasteiger partial charge on any atom is 0.185 e. The average Bonchev–Trinajstić information content (AvgIpc) is 2.75. The number of nitrogens with zero attached hydrogens (tertiary/aromatic N) is 2. The van der Waals surface area contributed by atoms with Crippen LogP contribution >= 0.6 is 12.4 Å². The summed E-state index contributed by atoms with van der Waals surface area (Å²) in [6.07, 6.45) is 4.84. The predicted molar refractivity (Wildman–Crippen MR) is 74.7 cm³/mol. The Morgan fingerprint density at radius 2 is 2.25 bits per heavy atom. The minimum absolute atomic E-state index is 0. The highest BCUT2D eigenvalue weighted by Gasteiger charge is 2.35. The largest absolute Gasteiger partial charge is 0.495 e. The molecule has 1 aromatic heterocycles. The van der Waals surface area contributed by atoms with Crippen LogP contribution in [0.5, 0.6) is 0 Å². The highest BCUT2D eigenvalue weighted by molar-refractivity contribution is 5.85. The Kier molecular flexibility index (Phi) is 5.30. The van der Waals surface area contributed by atoms with E-state index in [1.807, 2.05) is 0 Å². The summed E-state index contributed by atoms with van der Waals surface area (Å²) in [6.45, 7) is 2.00. The van der Waals surface area contributed by atoms with E-state index >= 15 is 0 Å². The Hall–Kier alpha value is -1.40. The maximum absolute atomic E-state index is 14.3. The van der Waals surface area contributed by atoms with E-state index in [9.17, 15) is 8.78 Å². The first-order valence-corrected chi connectivity index (χ1v) is 6.00. The molecule has 4 nitrogen and oxygen atoms in total. The number of rotatable bonds is 4. The van der Waals surface area contributed by atoms with Crippen molar-refractivity contribution in [1.82, 2.24) is 9.78 Å². The van der Waals surface area contributed by atoms with Gasteiger partial charge in [0.15, 0.2) is 11.4 Å². The van der Waals surface area contributed by atoms with Gasteiger partial charge in [0.25, 0.3) is 0 Å². The lowest BCUT2D eigenvalue weighted by Crippen LogP contribution is -2.25. The lowest BCUT2D eigenvalue weighted by molar-refractivity contribution is 0.148. The van der Waals surface area contributed by atoms with Gasteiger partial charge in [0.05, 0.1) is 19.9 Å². The molecular weight excluding hydrogens is 288 g/mol. The van der Waals surface area contributed by atoms with Crippen molar-refractivity contribution in [2.45, 2.75) is 32.1 Å². The molecule has 0 amide bonds. The number of hydrogen-bond acceptors (Lipinski definition) is 3. The number of nitrogens with two attached hydrogens (primary N) is 1. The molecule has 0 aromatic carbocycles. The Morgan fingerprint density at radius 1 is 1.55 bits per heavy atom. The lowest BCUT2D eigenvalue weighted by Gasteiger charge is -2.26. The van der Waals surface area contributed by atoms with Gasteiger partial charge >= 0.3 is 0 Å². The Bertz CT molecular complexity index is 537. The monoisotopic (exact) mass is 305 g/mol. The number of methoxy groups -OCH3 is 1. The molecule has 1 unspecified atom stereocenters. The summed E-state index contributed by atoms with van der Waals surface area (Å²) < 4.78 is 34.5. The molecule has 0 spiro atoms. The average molecular weight is 306 g/mol. The summed E-state index contributed by atoms with van der Waals surface area (Å²) in [5.74, 6) is -0.824. The third-order valence-electron chi connectivity index (χ3n) is 3.04.